The molecule has 3 amide bonds. The second kappa shape index (κ2) is 13.8. The molecule has 0 aliphatic carbocycles. The Morgan fingerprint density at radius 3 is 2.19 bits per heavy atom. The highest BCUT2D eigenvalue weighted by atomic mass is 16.6. The molecule has 1 aromatic carbocycles. The summed E-state index contributed by atoms with van der Waals surface area (Å²) < 4.78 is 10.3. The molecule has 0 spiro atoms. The van der Waals surface area contributed by atoms with Crippen molar-refractivity contribution in [3.8, 4) is 0 Å². The predicted molar refractivity (Wildman–Crippen MR) is 138 cm³/mol. The second-order valence-corrected chi connectivity index (χ2v) is 10.4. The van der Waals surface area contributed by atoms with E-state index in [-0.39, 0.29) is 31.5 Å². The van der Waals surface area contributed by atoms with Gasteiger partial charge in [-0.3, -0.25) is 14.4 Å². The van der Waals surface area contributed by atoms with Crippen molar-refractivity contribution in [2.45, 2.75) is 92.5 Å². The summed E-state index contributed by atoms with van der Waals surface area (Å²) in [5.41, 5.74) is 0.834. The molecule has 0 fully saturated rings. The molecule has 0 saturated heterocycles. The number of nitrogens with one attached hydrogen (secondary N) is 2. The van der Waals surface area contributed by atoms with E-state index in [4.69, 9.17) is 9.47 Å². The Morgan fingerprint density at radius 1 is 1.06 bits per heavy atom. The predicted octanol–water partition coefficient (Wildman–Crippen LogP) is 3.89. The number of esters is 1. The summed E-state index contributed by atoms with van der Waals surface area (Å²) in [5, 5.41) is 5.47. The molecule has 0 aliphatic rings. The summed E-state index contributed by atoms with van der Waals surface area (Å²) in [5.74, 6) is -1.51. The van der Waals surface area contributed by atoms with E-state index < -0.39 is 41.6 Å². The highest BCUT2D eigenvalue weighted by Crippen LogP contribution is 2.27. The summed E-state index contributed by atoms with van der Waals surface area (Å²) in [6.07, 6.45) is -0.686. The molecule has 9 heteroatoms. The Bertz CT molecular complexity index is 907. The minimum absolute atomic E-state index is 0.0184. The van der Waals surface area contributed by atoms with Crippen molar-refractivity contribution >= 4 is 23.9 Å². The van der Waals surface area contributed by atoms with Crippen LogP contribution in [-0.2, 0) is 23.9 Å². The number of alkyl carbamates (subject to hydrolysis) is 1. The fourth-order valence-electron chi connectivity index (χ4n) is 3.68. The van der Waals surface area contributed by atoms with Crippen LogP contribution in [0.1, 0.15) is 79.0 Å². The lowest BCUT2D eigenvalue weighted by molar-refractivity contribution is -0.146. The number of hydrogen-bond donors (Lipinski definition) is 2. The first-order chi connectivity index (χ1) is 16.7. The Labute approximate surface area is 215 Å². The van der Waals surface area contributed by atoms with Crippen molar-refractivity contribution < 1.29 is 28.7 Å². The van der Waals surface area contributed by atoms with E-state index in [2.05, 4.69) is 10.6 Å². The molecule has 0 aromatic heterocycles. The maximum atomic E-state index is 13.9. The van der Waals surface area contributed by atoms with Gasteiger partial charge in [-0.05, 0) is 59.9 Å². The van der Waals surface area contributed by atoms with Crippen LogP contribution in [0, 0.1) is 12.8 Å². The first-order valence-corrected chi connectivity index (χ1v) is 12.5. The first-order valence-electron chi connectivity index (χ1n) is 12.5. The molecule has 0 bridgehead atoms. The van der Waals surface area contributed by atoms with Crippen LogP contribution >= 0.6 is 0 Å². The van der Waals surface area contributed by atoms with Crippen LogP contribution in [0.25, 0.3) is 0 Å². The SMILES string of the molecule is CCOC(=O)CCNC(=O)C(c1cccc(C)c1)N(C(=O)C(NC(=O)OC(C)(C)C)C(C)C)C(C)C. The van der Waals surface area contributed by atoms with Crippen molar-refractivity contribution in [2.24, 2.45) is 5.92 Å². The van der Waals surface area contributed by atoms with E-state index in [0.29, 0.717) is 5.56 Å². The number of carbonyl (C=O) groups excluding carboxylic acids is 4. The topological polar surface area (TPSA) is 114 Å². The van der Waals surface area contributed by atoms with Gasteiger partial charge in [0.2, 0.25) is 11.8 Å². The van der Waals surface area contributed by atoms with E-state index in [1.807, 2.05) is 52.8 Å². The minimum Gasteiger partial charge on any atom is -0.466 e. The monoisotopic (exact) mass is 505 g/mol. The maximum absolute atomic E-state index is 13.9. The van der Waals surface area contributed by atoms with Crippen molar-refractivity contribution in [1.29, 1.82) is 0 Å². The molecule has 1 aromatic rings. The quantitative estimate of drug-likeness (QED) is 0.441. The Balaban J connectivity index is 3.34. The average molecular weight is 506 g/mol. The lowest BCUT2D eigenvalue weighted by Gasteiger charge is -2.38. The number of nitrogens with zero attached hydrogens (tertiary/aromatic N) is 1. The van der Waals surface area contributed by atoms with Gasteiger partial charge in [0.05, 0.1) is 13.0 Å². The largest absolute Gasteiger partial charge is 0.466 e. The summed E-state index contributed by atoms with van der Waals surface area (Å²) in [4.78, 5) is 53.1. The third-order valence-corrected chi connectivity index (χ3v) is 5.23. The second-order valence-electron chi connectivity index (χ2n) is 10.4. The van der Waals surface area contributed by atoms with E-state index in [1.165, 1.54) is 4.90 Å². The van der Waals surface area contributed by atoms with Crippen LogP contribution < -0.4 is 10.6 Å². The molecule has 36 heavy (non-hydrogen) atoms. The van der Waals surface area contributed by atoms with Crippen molar-refractivity contribution in [3.63, 3.8) is 0 Å². The maximum Gasteiger partial charge on any atom is 0.408 e. The van der Waals surface area contributed by atoms with Gasteiger partial charge >= 0.3 is 12.1 Å². The van der Waals surface area contributed by atoms with Gasteiger partial charge in [-0.15, -0.1) is 0 Å². The number of aryl methyl sites for hydroxylation is 1. The third kappa shape index (κ3) is 9.87. The number of benzene rings is 1. The Kier molecular flexibility index (Phi) is 11.9. The van der Waals surface area contributed by atoms with Crippen molar-refractivity contribution in [2.75, 3.05) is 13.2 Å². The normalized spacial score (nSPS) is 13.1. The summed E-state index contributed by atoms with van der Waals surface area (Å²) in [6, 6.07) is 5.11. The molecule has 2 N–H and O–H groups in total. The number of amides is 3. The van der Waals surface area contributed by atoms with Crippen LogP contribution in [0.15, 0.2) is 24.3 Å². The number of hydrogen-bond acceptors (Lipinski definition) is 6. The van der Waals surface area contributed by atoms with Crippen LogP contribution in [0.2, 0.25) is 0 Å². The van der Waals surface area contributed by atoms with E-state index in [0.717, 1.165) is 5.56 Å². The molecular weight excluding hydrogens is 462 g/mol. The number of carbonyl (C=O) groups is 4. The van der Waals surface area contributed by atoms with Crippen molar-refractivity contribution in [3.05, 3.63) is 35.4 Å². The molecule has 2 unspecified atom stereocenters. The zero-order chi connectivity index (χ0) is 27.6. The van der Waals surface area contributed by atoms with Gasteiger partial charge in [-0.25, -0.2) is 4.79 Å². The third-order valence-electron chi connectivity index (χ3n) is 5.23. The highest BCUT2D eigenvalue weighted by molar-refractivity contribution is 5.92. The zero-order valence-electron chi connectivity index (χ0n) is 23.1. The van der Waals surface area contributed by atoms with Gasteiger partial charge in [-0.2, -0.15) is 0 Å². The standard InChI is InChI=1S/C27H43N3O6/c1-10-35-21(31)14-15-28-24(32)23(20-13-11-12-19(6)16-20)30(18(4)5)25(33)22(17(2)3)29-26(34)36-27(7,8)9/h11-13,16-18,22-23H,10,14-15H2,1-9H3,(H,28,32)(H,29,34). The number of ether oxygens (including phenoxy) is 2. The summed E-state index contributed by atoms with van der Waals surface area (Å²) >= 11 is 0. The van der Waals surface area contributed by atoms with Crippen LogP contribution in [0.4, 0.5) is 4.79 Å². The molecule has 0 heterocycles. The van der Waals surface area contributed by atoms with Crippen LogP contribution in [0.5, 0.6) is 0 Å². The lowest BCUT2D eigenvalue weighted by atomic mass is 9.96. The van der Waals surface area contributed by atoms with Gasteiger partial charge in [0.15, 0.2) is 0 Å². The summed E-state index contributed by atoms with van der Waals surface area (Å²) in [6.45, 7) is 16.5. The first kappa shape index (κ1) is 30.9. The molecule has 202 valence electrons. The molecular formula is C27H43N3O6. The smallest absolute Gasteiger partial charge is 0.408 e. The van der Waals surface area contributed by atoms with E-state index in [1.54, 1.807) is 33.8 Å². The van der Waals surface area contributed by atoms with Gasteiger partial charge in [0.25, 0.3) is 0 Å². The molecule has 2 atom stereocenters. The van der Waals surface area contributed by atoms with Crippen LogP contribution in [-0.4, -0.2) is 59.6 Å². The fourth-order valence-corrected chi connectivity index (χ4v) is 3.68. The lowest BCUT2D eigenvalue weighted by Crippen LogP contribution is -2.56. The van der Waals surface area contributed by atoms with Gasteiger partial charge in [-0.1, -0.05) is 43.7 Å². The minimum atomic E-state index is -0.971. The molecule has 0 saturated carbocycles. The molecule has 0 aliphatic heterocycles. The van der Waals surface area contributed by atoms with Crippen LogP contribution in [0.3, 0.4) is 0 Å². The highest BCUT2D eigenvalue weighted by Gasteiger charge is 2.38. The average Bonchev–Trinajstić information content (AvgIpc) is 2.73. The number of rotatable bonds is 11. The fraction of sp³-hybridized carbons (Fsp3) is 0.630. The van der Waals surface area contributed by atoms with Gasteiger partial charge in [0, 0.05) is 12.6 Å². The zero-order valence-corrected chi connectivity index (χ0v) is 23.1. The van der Waals surface area contributed by atoms with E-state index in [9.17, 15) is 19.2 Å². The van der Waals surface area contributed by atoms with E-state index >= 15 is 0 Å². The van der Waals surface area contributed by atoms with Crippen molar-refractivity contribution in [1.82, 2.24) is 15.5 Å². The Hall–Kier alpha value is -3.10. The van der Waals surface area contributed by atoms with Gasteiger partial charge in [0.1, 0.15) is 17.7 Å². The Morgan fingerprint density at radius 2 is 1.69 bits per heavy atom. The molecule has 1 rings (SSSR count). The van der Waals surface area contributed by atoms with Gasteiger partial charge < -0.3 is 25.0 Å². The molecule has 0 radical (unpaired) electrons. The summed E-state index contributed by atoms with van der Waals surface area (Å²) in [7, 11) is 0. The molecule has 9 nitrogen and oxygen atoms in total.